The van der Waals surface area contributed by atoms with Crippen LogP contribution >= 0.6 is 11.3 Å². The number of piperidine rings is 1. The van der Waals surface area contributed by atoms with E-state index in [0.29, 0.717) is 36.9 Å². The van der Waals surface area contributed by atoms with Gasteiger partial charge >= 0.3 is 0 Å². The maximum absolute atomic E-state index is 13.3. The number of amides is 1. The number of hydrogen-bond acceptors (Lipinski definition) is 5. The molecule has 0 saturated carbocycles. The SMILES string of the molecule is COCCN(CCCc1ccccc1)C(=O)C1CCCN(S(=O)(=O)c2cccs2)C1. The van der Waals surface area contributed by atoms with Crippen LogP contribution in [0.4, 0.5) is 0 Å². The van der Waals surface area contributed by atoms with Crippen molar-refractivity contribution in [2.75, 3.05) is 39.9 Å². The van der Waals surface area contributed by atoms with E-state index in [1.165, 1.54) is 21.2 Å². The quantitative estimate of drug-likeness (QED) is 0.557. The summed E-state index contributed by atoms with van der Waals surface area (Å²) in [4.78, 5) is 15.1. The molecular weight excluding hydrogens is 420 g/mol. The molecule has 8 heteroatoms. The van der Waals surface area contributed by atoms with E-state index in [2.05, 4.69) is 12.1 Å². The highest BCUT2D eigenvalue weighted by atomic mass is 32.2. The Labute approximate surface area is 183 Å². The molecule has 1 fully saturated rings. The Bertz CT molecular complexity index is 885. The number of aryl methyl sites for hydroxylation is 1. The van der Waals surface area contributed by atoms with Crippen LogP contribution in [-0.4, -0.2) is 63.4 Å². The zero-order chi connectivity index (χ0) is 21.4. The minimum absolute atomic E-state index is 0.0335. The Hall–Kier alpha value is -1.74. The number of ether oxygens (including phenoxy) is 1. The van der Waals surface area contributed by atoms with Crippen molar-refractivity contribution in [2.24, 2.45) is 5.92 Å². The normalized spacial score (nSPS) is 17.7. The van der Waals surface area contributed by atoms with Gasteiger partial charge in [-0.25, -0.2) is 8.42 Å². The van der Waals surface area contributed by atoms with Crippen molar-refractivity contribution in [1.82, 2.24) is 9.21 Å². The summed E-state index contributed by atoms with van der Waals surface area (Å²) in [5.41, 5.74) is 1.25. The first-order chi connectivity index (χ1) is 14.5. The standard InChI is InChI=1S/C22H30N2O4S2/c1-28-16-15-23(13-5-10-19-8-3-2-4-9-19)22(25)20-11-6-14-24(18-20)30(26,27)21-12-7-17-29-21/h2-4,7-9,12,17,20H,5-6,10-11,13-16,18H2,1H3. The number of hydrogen-bond donors (Lipinski definition) is 0. The minimum atomic E-state index is -3.52. The lowest BCUT2D eigenvalue weighted by atomic mass is 9.97. The second kappa shape index (κ2) is 11.0. The number of rotatable bonds is 10. The van der Waals surface area contributed by atoms with Crippen molar-refractivity contribution in [3.05, 3.63) is 53.4 Å². The Kier molecular flexibility index (Phi) is 8.44. The van der Waals surface area contributed by atoms with Gasteiger partial charge < -0.3 is 9.64 Å². The summed E-state index contributed by atoms with van der Waals surface area (Å²) in [5, 5.41) is 1.76. The van der Waals surface area contributed by atoms with E-state index in [1.807, 2.05) is 23.1 Å². The number of methoxy groups -OCH3 is 1. The lowest BCUT2D eigenvalue weighted by Crippen LogP contribution is -2.47. The fraction of sp³-hybridized carbons (Fsp3) is 0.500. The molecule has 0 aliphatic carbocycles. The van der Waals surface area contributed by atoms with Gasteiger partial charge in [-0.3, -0.25) is 4.79 Å². The van der Waals surface area contributed by atoms with E-state index in [1.54, 1.807) is 24.6 Å². The third-order valence-corrected chi connectivity index (χ3v) is 8.67. The van der Waals surface area contributed by atoms with E-state index >= 15 is 0 Å². The molecule has 0 spiro atoms. The predicted molar refractivity (Wildman–Crippen MR) is 119 cm³/mol. The van der Waals surface area contributed by atoms with Gasteiger partial charge in [0.2, 0.25) is 5.91 Å². The van der Waals surface area contributed by atoms with Crippen molar-refractivity contribution in [1.29, 1.82) is 0 Å². The van der Waals surface area contributed by atoms with Crippen LogP contribution < -0.4 is 0 Å². The number of sulfonamides is 1. The first kappa shape index (κ1) is 22.9. The summed E-state index contributed by atoms with van der Waals surface area (Å²) < 4.78 is 32.8. The summed E-state index contributed by atoms with van der Waals surface area (Å²) in [6.45, 7) is 2.36. The van der Waals surface area contributed by atoms with Crippen LogP contribution in [0.1, 0.15) is 24.8 Å². The van der Waals surface area contributed by atoms with Gasteiger partial charge in [0, 0.05) is 33.3 Å². The Morgan fingerprint density at radius 2 is 2.00 bits per heavy atom. The van der Waals surface area contributed by atoms with Gasteiger partial charge in [0.1, 0.15) is 4.21 Å². The monoisotopic (exact) mass is 450 g/mol. The molecule has 1 aromatic heterocycles. The van der Waals surface area contributed by atoms with E-state index in [4.69, 9.17) is 4.74 Å². The van der Waals surface area contributed by atoms with Crippen LogP contribution in [0.5, 0.6) is 0 Å². The second-order valence-corrected chi connectivity index (χ2v) is 10.7. The van der Waals surface area contributed by atoms with Gasteiger partial charge in [0.05, 0.1) is 12.5 Å². The highest BCUT2D eigenvalue weighted by Crippen LogP contribution is 2.27. The molecule has 1 amide bonds. The highest BCUT2D eigenvalue weighted by molar-refractivity contribution is 7.91. The third kappa shape index (κ3) is 5.91. The number of thiophene rings is 1. The molecule has 164 valence electrons. The van der Waals surface area contributed by atoms with Gasteiger partial charge in [0.15, 0.2) is 0 Å². The molecule has 1 unspecified atom stereocenters. The molecule has 6 nitrogen and oxygen atoms in total. The lowest BCUT2D eigenvalue weighted by Gasteiger charge is -2.34. The molecule has 0 N–H and O–H groups in total. The molecule has 30 heavy (non-hydrogen) atoms. The molecule has 3 rings (SSSR count). The van der Waals surface area contributed by atoms with E-state index in [9.17, 15) is 13.2 Å². The molecule has 1 atom stereocenters. The molecule has 0 bridgehead atoms. The van der Waals surface area contributed by atoms with Crippen LogP contribution in [0.3, 0.4) is 0 Å². The molecule has 0 radical (unpaired) electrons. The summed E-state index contributed by atoms with van der Waals surface area (Å²) in [5.74, 6) is -0.270. The molecule has 1 aliphatic heterocycles. The number of carbonyl (C=O) groups is 1. The first-order valence-corrected chi connectivity index (χ1v) is 12.7. The van der Waals surface area contributed by atoms with Crippen LogP contribution in [0, 0.1) is 5.92 Å². The predicted octanol–water partition coefficient (Wildman–Crippen LogP) is 3.26. The van der Waals surface area contributed by atoms with Crippen LogP contribution in [0.25, 0.3) is 0 Å². The molecule has 2 heterocycles. The van der Waals surface area contributed by atoms with Gasteiger partial charge in [-0.15, -0.1) is 11.3 Å². The topological polar surface area (TPSA) is 66.9 Å². The van der Waals surface area contributed by atoms with Crippen molar-refractivity contribution >= 4 is 27.3 Å². The maximum atomic E-state index is 13.3. The maximum Gasteiger partial charge on any atom is 0.252 e. The summed E-state index contributed by atoms with van der Waals surface area (Å²) in [6.07, 6.45) is 3.19. The third-order valence-electron chi connectivity index (χ3n) is 5.44. The number of carbonyl (C=O) groups excluding carboxylic acids is 1. The average molecular weight is 451 g/mol. The van der Waals surface area contributed by atoms with Crippen molar-refractivity contribution < 1.29 is 17.9 Å². The molecular formula is C22H30N2O4S2. The number of benzene rings is 1. The Balaban J connectivity index is 1.62. The van der Waals surface area contributed by atoms with Gasteiger partial charge in [0.25, 0.3) is 10.0 Å². The van der Waals surface area contributed by atoms with Crippen LogP contribution in [0.2, 0.25) is 0 Å². The number of nitrogens with zero attached hydrogens (tertiary/aromatic N) is 2. The van der Waals surface area contributed by atoms with E-state index in [-0.39, 0.29) is 18.4 Å². The van der Waals surface area contributed by atoms with Gasteiger partial charge in [-0.05, 0) is 42.7 Å². The molecule has 2 aromatic rings. The minimum Gasteiger partial charge on any atom is -0.383 e. The Morgan fingerprint density at radius 3 is 2.70 bits per heavy atom. The lowest BCUT2D eigenvalue weighted by molar-refractivity contribution is -0.137. The zero-order valence-corrected chi connectivity index (χ0v) is 19.0. The highest BCUT2D eigenvalue weighted by Gasteiger charge is 2.35. The van der Waals surface area contributed by atoms with E-state index in [0.717, 1.165) is 19.3 Å². The fourth-order valence-corrected chi connectivity index (χ4v) is 6.48. The largest absolute Gasteiger partial charge is 0.383 e. The fourth-order valence-electron chi connectivity index (χ4n) is 3.81. The molecule has 1 aromatic carbocycles. The van der Waals surface area contributed by atoms with Crippen molar-refractivity contribution in [2.45, 2.75) is 29.9 Å². The van der Waals surface area contributed by atoms with Gasteiger partial charge in [-0.2, -0.15) is 4.31 Å². The second-order valence-electron chi connectivity index (χ2n) is 7.54. The molecule has 1 aliphatic rings. The molecule has 1 saturated heterocycles. The van der Waals surface area contributed by atoms with Crippen molar-refractivity contribution in [3.8, 4) is 0 Å². The Morgan fingerprint density at radius 1 is 1.20 bits per heavy atom. The zero-order valence-electron chi connectivity index (χ0n) is 17.4. The summed E-state index contributed by atoms with van der Waals surface area (Å²) >= 11 is 1.22. The summed E-state index contributed by atoms with van der Waals surface area (Å²) in [6, 6.07) is 13.6. The van der Waals surface area contributed by atoms with Crippen LogP contribution in [0.15, 0.2) is 52.1 Å². The van der Waals surface area contributed by atoms with Gasteiger partial charge in [-0.1, -0.05) is 36.4 Å². The smallest absolute Gasteiger partial charge is 0.252 e. The van der Waals surface area contributed by atoms with E-state index < -0.39 is 10.0 Å². The first-order valence-electron chi connectivity index (χ1n) is 10.4. The van der Waals surface area contributed by atoms with Crippen LogP contribution in [-0.2, 0) is 26.0 Å². The summed E-state index contributed by atoms with van der Waals surface area (Å²) in [7, 11) is -1.90. The average Bonchev–Trinajstić information content (AvgIpc) is 3.32. The van der Waals surface area contributed by atoms with Crippen molar-refractivity contribution in [3.63, 3.8) is 0 Å².